The van der Waals surface area contributed by atoms with Crippen molar-refractivity contribution in [3.63, 3.8) is 0 Å². The van der Waals surface area contributed by atoms with Gasteiger partial charge < -0.3 is 0 Å². The van der Waals surface area contributed by atoms with Crippen molar-refractivity contribution < 1.29 is 9.59 Å². The predicted molar refractivity (Wildman–Crippen MR) is 90.9 cm³/mol. The standard InChI is InChI=1S/C17H18N6O2/c1-12-8-13(2)23(21-12)10-16(24)19-20-17(25)15-9-18-11-22(15)14-6-4-3-5-7-14/h3-9,11H,10H2,1-2H3,(H,19,24)(H,20,25). The molecule has 25 heavy (non-hydrogen) atoms. The number of para-hydroxylation sites is 1. The first-order valence-electron chi connectivity index (χ1n) is 7.72. The number of aromatic nitrogens is 4. The van der Waals surface area contributed by atoms with E-state index in [1.807, 2.05) is 50.2 Å². The van der Waals surface area contributed by atoms with Crippen molar-refractivity contribution in [2.24, 2.45) is 0 Å². The van der Waals surface area contributed by atoms with Crippen LogP contribution in [0.25, 0.3) is 5.69 Å². The highest BCUT2D eigenvalue weighted by Gasteiger charge is 2.14. The van der Waals surface area contributed by atoms with E-state index in [-0.39, 0.29) is 12.5 Å². The average Bonchev–Trinajstić information content (AvgIpc) is 3.20. The Hall–Kier alpha value is -3.42. The van der Waals surface area contributed by atoms with Crippen LogP contribution in [-0.2, 0) is 11.3 Å². The van der Waals surface area contributed by atoms with Gasteiger partial charge in [-0.15, -0.1) is 0 Å². The summed E-state index contributed by atoms with van der Waals surface area (Å²) in [6.07, 6.45) is 2.98. The van der Waals surface area contributed by atoms with Crippen LogP contribution in [-0.4, -0.2) is 31.1 Å². The minimum absolute atomic E-state index is 0.0257. The quantitative estimate of drug-likeness (QED) is 0.698. The lowest BCUT2D eigenvalue weighted by Gasteiger charge is -2.10. The number of imidazole rings is 1. The molecule has 0 aliphatic carbocycles. The number of benzene rings is 1. The zero-order valence-electron chi connectivity index (χ0n) is 13.9. The van der Waals surface area contributed by atoms with Crippen molar-refractivity contribution in [3.8, 4) is 5.69 Å². The molecule has 2 aromatic heterocycles. The van der Waals surface area contributed by atoms with Crippen molar-refractivity contribution >= 4 is 11.8 Å². The number of nitrogens with one attached hydrogen (secondary N) is 2. The van der Waals surface area contributed by atoms with Crippen LogP contribution in [0.4, 0.5) is 0 Å². The van der Waals surface area contributed by atoms with Crippen molar-refractivity contribution in [3.05, 3.63) is 66.0 Å². The van der Waals surface area contributed by atoms with Crippen molar-refractivity contribution in [1.29, 1.82) is 0 Å². The summed E-state index contributed by atoms with van der Waals surface area (Å²) in [5.41, 5.74) is 7.63. The van der Waals surface area contributed by atoms with Gasteiger partial charge in [-0.2, -0.15) is 5.10 Å². The molecule has 0 spiro atoms. The second-order valence-corrected chi connectivity index (χ2v) is 5.57. The third kappa shape index (κ3) is 3.74. The molecule has 2 heterocycles. The molecule has 0 fully saturated rings. The van der Waals surface area contributed by atoms with Crippen LogP contribution in [0.3, 0.4) is 0 Å². The molecule has 0 unspecified atom stereocenters. The zero-order valence-corrected chi connectivity index (χ0v) is 13.9. The molecule has 1 aromatic carbocycles. The summed E-state index contributed by atoms with van der Waals surface area (Å²) in [7, 11) is 0. The molecule has 0 bridgehead atoms. The van der Waals surface area contributed by atoms with Crippen LogP contribution in [0.15, 0.2) is 48.9 Å². The zero-order chi connectivity index (χ0) is 17.8. The van der Waals surface area contributed by atoms with Crippen LogP contribution in [0, 0.1) is 13.8 Å². The molecule has 128 valence electrons. The summed E-state index contributed by atoms with van der Waals surface area (Å²) < 4.78 is 3.22. The fourth-order valence-corrected chi connectivity index (χ4v) is 2.46. The summed E-state index contributed by atoms with van der Waals surface area (Å²) in [5.74, 6) is -0.826. The minimum Gasteiger partial charge on any atom is -0.295 e. The molecule has 0 saturated heterocycles. The number of nitrogens with zero attached hydrogens (tertiary/aromatic N) is 4. The first kappa shape index (κ1) is 16.4. The van der Waals surface area contributed by atoms with E-state index in [9.17, 15) is 9.59 Å². The van der Waals surface area contributed by atoms with E-state index in [2.05, 4.69) is 20.9 Å². The fourth-order valence-electron chi connectivity index (χ4n) is 2.46. The van der Waals surface area contributed by atoms with Gasteiger partial charge in [-0.3, -0.25) is 29.7 Å². The number of rotatable bonds is 4. The molecule has 0 radical (unpaired) electrons. The van der Waals surface area contributed by atoms with Crippen molar-refractivity contribution in [2.75, 3.05) is 0 Å². The molecule has 3 aromatic rings. The Labute approximate surface area is 144 Å². The van der Waals surface area contributed by atoms with E-state index < -0.39 is 5.91 Å². The molecule has 2 N–H and O–H groups in total. The minimum atomic E-state index is -0.455. The Morgan fingerprint density at radius 3 is 2.56 bits per heavy atom. The summed E-state index contributed by atoms with van der Waals surface area (Å²) in [5, 5.41) is 4.21. The molecule has 0 atom stereocenters. The lowest BCUT2D eigenvalue weighted by molar-refractivity contribution is -0.122. The molecular weight excluding hydrogens is 320 g/mol. The Morgan fingerprint density at radius 1 is 1.12 bits per heavy atom. The first-order valence-corrected chi connectivity index (χ1v) is 7.72. The second kappa shape index (κ2) is 7.00. The van der Waals surface area contributed by atoms with E-state index in [0.29, 0.717) is 5.69 Å². The topological polar surface area (TPSA) is 93.8 Å². The molecular formula is C17H18N6O2. The third-order valence-electron chi connectivity index (χ3n) is 3.62. The van der Waals surface area contributed by atoms with E-state index in [1.165, 1.54) is 6.20 Å². The molecule has 0 aliphatic heterocycles. The van der Waals surface area contributed by atoms with Crippen LogP contribution in [0.5, 0.6) is 0 Å². The maximum atomic E-state index is 12.3. The van der Waals surface area contributed by atoms with Crippen LogP contribution in [0.1, 0.15) is 21.9 Å². The molecule has 3 rings (SSSR count). The molecule has 8 heteroatoms. The van der Waals surface area contributed by atoms with Gasteiger partial charge in [-0.25, -0.2) is 4.98 Å². The van der Waals surface area contributed by atoms with Crippen LogP contribution >= 0.6 is 0 Å². The molecule has 2 amide bonds. The van der Waals surface area contributed by atoms with Crippen molar-refractivity contribution in [2.45, 2.75) is 20.4 Å². The van der Waals surface area contributed by atoms with Gasteiger partial charge in [0.2, 0.25) is 0 Å². The molecule has 0 saturated carbocycles. The number of hydrogen-bond acceptors (Lipinski definition) is 4. The predicted octanol–water partition coefficient (Wildman–Crippen LogP) is 1.15. The summed E-state index contributed by atoms with van der Waals surface area (Å²) >= 11 is 0. The maximum Gasteiger partial charge on any atom is 0.288 e. The first-order chi connectivity index (χ1) is 12.0. The smallest absolute Gasteiger partial charge is 0.288 e. The largest absolute Gasteiger partial charge is 0.295 e. The monoisotopic (exact) mass is 338 g/mol. The number of carbonyl (C=O) groups is 2. The Morgan fingerprint density at radius 2 is 1.88 bits per heavy atom. The Kier molecular flexibility index (Phi) is 4.60. The molecule has 0 aliphatic rings. The number of hydrogen-bond donors (Lipinski definition) is 2. The van der Waals surface area contributed by atoms with Gasteiger partial charge in [-0.05, 0) is 32.0 Å². The van der Waals surface area contributed by atoms with E-state index in [1.54, 1.807) is 15.6 Å². The normalized spacial score (nSPS) is 10.5. The summed E-state index contributed by atoms with van der Waals surface area (Å²) in [4.78, 5) is 28.3. The van der Waals surface area contributed by atoms with E-state index in [0.717, 1.165) is 17.1 Å². The maximum absolute atomic E-state index is 12.3. The van der Waals surface area contributed by atoms with Gasteiger partial charge in [0.1, 0.15) is 12.2 Å². The number of carbonyl (C=O) groups excluding carboxylic acids is 2. The Balaban J connectivity index is 1.63. The highest BCUT2D eigenvalue weighted by atomic mass is 16.2. The van der Waals surface area contributed by atoms with Gasteiger partial charge in [0, 0.05) is 11.4 Å². The van der Waals surface area contributed by atoms with Crippen LogP contribution < -0.4 is 10.9 Å². The number of hydrazine groups is 1. The number of amides is 2. The fraction of sp³-hybridized carbons (Fsp3) is 0.176. The van der Waals surface area contributed by atoms with E-state index >= 15 is 0 Å². The Bertz CT molecular complexity index is 897. The highest BCUT2D eigenvalue weighted by molar-refractivity contribution is 5.94. The summed E-state index contributed by atoms with van der Waals surface area (Å²) in [6, 6.07) is 11.2. The van der Waals surface area contributed by atoms with Gasteiger partial charge in [-0.1, -0.05) is 18.2 Å². The lowest BCUT2D eigenvalue weighted by atomic mass is 10.3. The lowest BCUT2D eigenvalue weighted by Crippen LogP contribution is -2.43. The third-order valence-corrected chi connectivity index (χ3v) is 3.62. The van der Waals surface area contributed by atoms with Gasteiger partial charge in [0.05, 0.1) is 18.2 Å². The van der Waals surface area contributed by atoms with Crippen LogP contribution in [0.2, 0.25) is 0 Å². The highest BCUT2D eigenvalue weighted by Crippen LogP contribution is 2.10. The van der Waals surface area contributed by atoms with Gasteiger partial charge >= 0.3 is 0 Å². The van der Waals surface area contributed by atoms with E-state index in [4.69, 9.17) is 0 Å². The van der Waals surface area contributed by atoms with Crippen molar-refractivity contribution in [1.82, 2.24) is 30.2 Å². The summed E-state index contributed by atoms with van der Waals surface area (Å²) in [6.45, 7) is 3.75. The average molecular weight is 338 g/mol. The molecule has 8 nitrogen and oxygen atoms in total. The van der Waals surface area contributed by atoms with Gasteiger partial charge in [0.15, 0.2) is 0 Å². The SMILES string of the molecule is Cc1cc(C)n(CC(=O)NNC(=O)c2cncn2-c2ccccc2)n1. The second-order valence-electron chi connectivity index (χ2n) is 5.57. The van der Waals surface area contributed by atoms with Gasteiger partial charge in [0.25, 0.3) is 11.8 Å². The number of aryl methyl sites for hydroxylation is 2.